The molecule has 2 rings (SSSR count). The number of benzene rings is 1. The van der Waals surface area contributed by atoms with Crippen molar-refractivity contribution >= 4 is 15.7 Å². The number of ether oxygens (including phenoxy) is 1. The second-order valence-electron chi connectivity index (χ2n) is 4.90. The van der Waals surface area contributed by atoms with E-state index in [0.717, 1.165) is 5.57 Å². The molecule has 0 unspecified atom stereocenters. The van der Waals surface area contributed by atoms with E-state index < -0.39 is 10.0 Å². The SMILES string of the molecule is COCC1=CCN(S(=O)(=O)c2c(C)cccc2N)CC1. The van der Waals surface area contributed by atoms with Crippen LogP contribution in [0.2, 0.25) is 0 Å². The molecule has 20 heavy (non-hydrogen) atoms. The van der Waals surface area contributed by atoms with Gasteiger partial charge in [-0.1, -0.05) is 18.2 Å². The van der Waals surface area contributed by atoms with Crippen LogP contribution in [0.4, 0.5) is 5.69 Å². The summed E-state index contributed by atoms with van der Waals surface area (Å²) in [6.45, 7) is 3.15. The van der Waals surface area contributed by atoms with E-state index in [2.05, 4.69) is 0 Å². The van der Waals surface area contributed by atoms with E-state index in [-0.39, 0.29) is 4.90 Å². The molecule has 1 aliphatic heterocycles. The molecule has 0 aliphatic carbocycles. The summed E-state index contributed by atoms with van der Waals surface area (Å²) in [4.78, 5) is 0.226. The minimum atomic E-state index is -3.54. The Bertz CT molecular complexity index is 603. The third-order valence-electron chi connectivity index (χ3n) is 3.44. The van der Waals surface area contributed by atoms with Crippen LogP contribution in [0.25, 0.3) is 0 Å². The highest BCUT2D eigenvalue weighted by atomic mass is 32.2. The summed E-state index contributed by atoms with van der Waals surface area (Å²) < 4.78 is 31.9. The van der Waals surface area contributed by atoms with Gasteiger partial charge in [0.05, 0.1) is 12.3 Å². The highest BCUT2D eigenvalue weighted by molar-refractivity contribution is 7.89. The maximum atomic E-state index is 12.7. The van der Waals surface area contributed by atoms with Gasteiger partial charge in [-0.15, -0.1) is 0 Å². The Morgan fingerprint density at radius 2 is 2.15 bits per heavy atom. The van der Waals surface area contributed by atoms with E-state index in [1.165, 1.54) is 4.31 Å². The van der Waals surface area contributed by atoms with Crippen molar-refractivity contribution < 1.29 is 13.2 Å². The predicted molar refractivity (Wildman–Crippen MR) is 78.9 cm³/mol. The molecule has 0 spiro atoms. The summed E-state index contributed by atoms with van der Waals surface area (Å²) in [5.41, 5.74) is 7.96. The van der Waals surface area contributed by atoms with Gasteiger partial charge in [0.2, 0.25) is 10.0 Å². The van der Waals surface area contributed by atoms with Gasteiger partial charge in [-0.2, -0.15) is 4.31 Å². The lowest BCUT2D eigenvalue weighted by Crippen LogP contribution is -2.36. The van der Waals surface area contributed by atoms with Crippen molar-refractivity contribution in [3.63, 3.8) is 0 Å². The standard InChI is InChI=1S/C14H20N2O3S/c1-11-4-3-5-13(15)14(11)20(17,18)16-8-6-12(7-9-16)10-19-2/h3-6H,7-10,15H2,1-2H3. The molecule has 5 nitrogen and oxygen atoms in total. The topological polar surface area (TPSA) is 72.6 Å². The first-order valence-corrected chi connectivity index (χ1v) is 7.93. The van der Waals surface area contributed by atoms with E-state index in [1.807, 2.05) is 6.08 Å². The molecule has 1 heterocycles. The summed E-state index contributed by atoms with van der Waals surface area (Å²) in [6, 6.07) is 5.14. The van der Waals surface area contributed by atoms with Crippen molar-refractivity contribution in [2.75, 3.05) is 32.5 Å². The fourth-order valence-electron chi connectivity index (χ4n) is 2.38. The van der Waals surface area contributed by atoms with Crippen molar-refractivity contribution in [3.8, 4) is 0 Å². The van der Waals surface area contributed by atoms with Crippen LogP contribution in [0.15, 0.2) is 34.7 Å². The first-order valence-electron chi connectivity index (χ1n) is 6.49. The zero-order valence-electron chi connectivity index (χ0n) is 11.8. The average Bonchev–Trinajstić information content (AvgIpc) is 2.39. The molecular formula is C14H20N2O3S. The Morgan fingerprint density at radius 1 is 1.40 bits per heavy atom. The van der Waals surface area contributed by atoms with E-state index in [4.69, 9.17) is 10.5 Å². The molecule has 0 bridgehead atoms. The summed E-state index contributed by atoms with van der Waals surface area (Å²) in [6.07, 6.45) is 2.61. The van der Waals surface area contributed by atoms with Crippen molar-refractivity contribution in [1.29, 1.82) is 0 Å². The molecule has 0 saturated heterocycles. The fraction of sp³-hybridized carbons (Fsp3) is 0.429. The van der Waals surface area contributed by atoms with Gasteiger partial charge in [-0.25, -0.2) is 8.42 Å². The highest BCUT2D eigenvalue weighted by Crippen LogP contribution is 2.27. The summed E-state index contributed by atoms with van der Waals surface area (Å²) >= 11 is 0. The highest BCUT2D eigenvalue weighted by Gasteiger charge is 2.29. The van der Waals surface area contributed by atoms with Gasteiger partial charge in [-0.05, 0) is 30.5 Å². The third kappa shape index (κ3) is 2.87. The van der Waals surface area contributed by atoms with Crippen molar-refractivity contribution in [2.24, 2.45) is 0 Å². The van der Waals surface area contributed by atoms with Gasteiger partial charge in [0, 0.05) is 20.2 Å². The lowest BCUT2D eigenvalue weighted by atomic mass is 10.1. The number of hydrogen-bond acceptors (Lipinski definition) is 4. The molecule has 1 aromatic rings. The smallest absolute Gasteiger partial charge is 0.245 e. The second-order valence-corrected chi connectivity index (χ2v) is 6.78. The van der Waals surface area contributed by atoms with Crippen LogP contribution in [-0.2, 0) is 14.8 Å². The summed E-state index contributed by atoms with van der Waals surface area (Å²) in [5.74, 6) is 0. The first-order chi connectivity index (χ1) is 9.46. The van der Waals surface area contributed by atoms with E-state index >= 15 is 0 Å². The Hall–Kier alpha value is -1.37. The molecule has 1 aliphatic rings. The van der Waals surface area contributed by atoms with Gasteiger partial charge >= 0.3 is 0 Å². The molecule has 0 amide bonds. The molecule has 110 valence electrons. The lowest BCUT2D eigenvalue weighted by Gasteiger charge is -2.26. The van der Waals surface area contributed by atoms with Gasteiger partial charge in [0.1, 0.15) is 4.90 Å². The Kier molecular flexibility index (Phi) is 4.47. The van der Waals surface area contributed by atoms with Gasteiger partial charge in [0.25, 0.3) is 0 Å². The average molecular weight is 296 g/mol. The van der Waals surface area contributed by atoms with Crippen LogP contribution in [-0.4, -0.2) is 39.5 Å². The van der Waals surface area contributed by atoms with Gasteiger partial charge in [-0.3, -0.25) is 0 Å². The summed E-state index contributed by atoms with van der Waals surface area (Å²) in [5, 5.41) is 0. The minimum Gasteiger partial charge on any atom is -0.398 e. The van der Waals surface area contributed by atoms with Gasteiger partial charge < -0.3 is 10.5 Å². The molecule has 0 aromatic heterocycles. The van der Waals surface area contributed by atoms with E-state index in [9.17, 15) is 8.42 Å². The number of nitrogen functional groups attached to an aromatic ring is 1. The van der Waals surface area contributed by atoms with Crippen LogP contribution in [0.5, 0.6) is 0 Å². The zero-order chi connectivity index (χ0) is 14.8. The first kappa shape index (κ1) is 15.0. The van der Waals surface area contributed by atoms with Crippen molar-refractivity contribution in [2.45, 2.75) is 18.2 Å². The largest absolute Gasteiger partial charge is 0.398 e. The third-order valence-corrected chi connectivity index (χ3v) is 5.52. The number of methoxy groups -OCH3 is 1. The number of aryl methyl sites for hydroxylation is 1. The molecule has 0 fully saturated rings. The van der Waals surface area contributed by atoms with Crippen molar-refractivity contribution in [1.82, 2.24) is 4.31 Å². The van der Waals surface area contributed by atoms with Crippen LogP contribution in [0, 0.1) is 6.92 Å². The van der Waals surface area contributed by atoms with Crippen LogP contribution >= 0.6 is 0 Å². The molecule has 2 N–H and O–H groups in total. The maximum Gasteiger partial charge on any atom is 0.245 e. The Balaban J connectivity index is 2.29. The second kappa shape index (κ2) is 5.95. The summed E-state index contributed by atoms with van der Waals surface area (Å²) in [7, 11) is -1.90. The number of sulfonamides is 1. The molecule has 1 aromatic carbocycles. The lowest BCUT2D eigenvalue weighted by molar-refractivity contribution is 0.219. The number of rotatable bonds is 4. The van der Waals surface area contributed by atoms with Gasteiger partial charge in [0.15, 0.2) is 0 Å². The zero-order valence-corrected chi connectivity index (χ0v) is 12.6. The Morgan fingerprint density at radius 3 is 2.70 bits per heavy atom. The Labute approximate surface area is 120 Å². The van der Waals surface area contributed by atoms with Crippen LogP contribution in [0.1, 0.15) is 12.0 Å². The van der Waals surface area contributed by atoms with E-state index in [0.29, 0.717) is 37.4 Å². The monoisotopic (exact) mass is 296 g/mol. The normalized spacial score (nSPS) is 17.0. The van der Waals surface area contributed by atoms with Crippen LogP contribution < -0.4 is 5.73 Å². The molecular weight excluding hydrogens is 276 g/mol. The number of nitrogens with zero attached hydrogens (tertiary/aromatic N) is 1. The number of nitrogens with two attached hydrogens (primary N) is 1. The predicted octanol–water partition coefficient (Wildman–Crippen LogP) is 1.54. The molecule has 0 atom stereocenters. The minimum absolute atomic E-state index is 0.226. The van der Waals surface area contributed by atoms with Crippen LogP contribution in [0.3, 0.4) is 0 Å². The maximum absolute atomic E-state index is 12.7. The molecule has 6 heteroatoms. The van der Waals surface area contributed by atoms with Crippen molar-refractivity contribution in [3.05, 3.63) is 35.4 Å². The molecule has 0 radical (unpaired) electrons. The number of hydrogen-bond donors (Lipinski definition) is 1. The molecule has 0 saturated carbocycles. The number of anilines is 1. The quantitative estimate of drug-likeness (QED) is 0.676. The van der Waals surface area contributed by atoms with E-state index in [1.54, 1.807) is 32.2 Å². The fourth-order valence-corrected chi connectivity index (χ4v) is 4.09.